The van der Waals surface area contributed by atoms with E-state index >= 15 is 0 Å². The molecule has 0 spiro atoms. The summed E-state index contributed by atoms with van der Waals surface area (Å²) in [6, 6.07) is 9.77. The van der Waals surface area contributed by atoms with Gasteiger partial charge in [-0.2, -0.15) is 0 Å². The number of hydrogen-bond donors (Lipinski definition) is 2. The molecule has 1 aromatic carbocycles. The fraction of sp³-hybridized carbons (Fsp3) is 0.435. The van der Waals surface area contributed by atoms with E-state index in [2.05, 4.69) is 31.5 Å². The van der Waals surface area contributed by atoms with Crippen LogP contribution in [0.15, 0.2) is 36.5 Å². The number of piperazine rings is 1. The molecule has 4 rings (SSSR count). The molecule has 164 valence electrons. The highest BCUT2D eigenvalue weighted by molar-refractivity contribution is 5.95. The number of carbonyl (C=O) groups excluding carboxylic acids is 2. The minimum atomic E-state index is -0.177. The number of nitrogens with one attached hydrogen (secondary N) is 2. The van der Waals surface area contributed by atoms with Crippen LogP contribution in [0.4, 0.5) is 11.4 Å². The Hall–Kier alpha value is -3.13. The van der Waals surface area contributed by atoms with Crippen LogP contribution in [-0.2, 0) is 11.3 Å². The summed E-state index contributed by atoms with van der Waals surface area (Å²) >= 11 is 0. The van der Waals surface area contributed by atoms with Gasteiger partial charge in [0.15, 0.2) is 0 Å². The summed E-state index contributed by atoms with van der Waals surface area (Å²) in [6.45, 7) is 6.89. The molecule has 0 saturated carbocycles. The van der Waals surface area contributed by atoms with Crippen LogP contribution in [0.1, 0.15) is 29.4 Å². The first kappa shape index (κ1) is 21.1. The van der Waals surface area contributed by atoms with Crippen molar-refractivity contribution in [1.29, 1.82) is 0 Å². The summed E-state index contributed by atoms with van der Waals surface area (Å²) in [5.41, 5.74) is 3.37. The summed E-state index contributed by atoms with van der Waals surface area (Å²) in [5.74, 6) is 0.487. The Morgan fingerprint density at radius 1 is 1.23 bits per heavy atom. The summed E-state index contributed by atoms with van der Waals surface area (Å²) in [4.78, 5) is 32.9. The molecule has 1 fully saturated rings. The number of hydrogen-bond acceptors (Lipinski definition) is 6. The number of rotatable bonds is 5. The van der Waals surface area contributed by atoms with Gasteiger partial charge >= 0.3 is 0 Å². The molecule has 2 aliphatic rings. The lowest BCUT2D eigenvalue weighted by molar-refractivity contribution is -0.120. The Morgan fingerprint density at radius 3 is 2.71 bits per heavy atom. The number of pyridine rings is 1. The van der Waals surface area contributed by atoms with Crippen molar-refractivity contribution < 1.29 is 14.3 Å². The first-order valence-electron chi connectivity index (χ1n) is 10.8. The average molecular weight is 424 g/mol. The van der Waals surface area contributed by atoms with Crippen molar-refractivity contribution >= 4 is 23.2 Å². The van der Waals surface area contributed by atoms with E-state index in [-0.39, 0.29) is 17.7 Å². The number of carbonyl (C=O) groups is 2. The van der Waals surface area contributed by atoms with E-state index in [1.165, 1.54) is 0 Å². The molecule has 2 aliphatic heterocycles. The molecular formula is C23H29N5O3. The van der Waals surface area contributed by atoms with E-state index in [9.17, 15) is 9.59 Å². The highest BCUT2D eigenvalue weighted by atomic mass is 16.5. The van der Waals surface area contributed by atoms with Gasteiger partial charge in [0.1, 0.15) is 11.4 Å². The molecule has 3 heterocycles. The minimum Gasteiger partial charge on any atom is -0.491 e. The summed E-state index contributed by atoms with van der Waals surface area (Å²) in [6.07, 6.45) is 2.53. The Labute approximate surface area is 182 Å². The first-order chi connectivity index (χ1) is 15.1. The third-order valence-corrected chi connectivity index (χ3v) is 5.96. The number of benzene rings is 1. The zero-order valence-corrected chi connectivity index (χ0v) is 18.1. The number of ether oxygens (including phenoxy) is 1. The van der Waals surface area contributed by atoms with Crippen LogP contribution < -0.4 is 20.3 Å². The second-order valence-corrected chi connectivity index (χ2v) is 7.98. The van der Waals surface area contributed by atoms with Gasteiger partial charge < -0.3 is 20.3 Å². The molecule has 0 bridgehead atoms. The number of amides is 2. The maximum Gasteiger partial charge on any atom is 0.269 e. The van der Waals surface area contributed by atoms with Gasteiger partial charge in [-0.05, 0) is 36.2 Å². The highest BCUT2D eigenvalue weighted by Crippen LogP contribution is 2.30. The van der Waals surface area contributed by atoms with Gasteiger partial charge in [-0.3, -0.25) is 14.5 Å². The van der Waals surface area contributed by atoms with Gasteiger partial charge in [-0.15, -0.1) is 0 Å². The molecule has 1 saturated heterocycles. The molecule has 0 aliphatic carbocycles. The molecule has 31 heavy (non-hydrogen) atoms. The lowest BCUT2D eigenvalue weighted by atomic mass is 10.1. The average Bonchev–Trinajstić information content (AvgIpc) is 2.96. The van der Waals surface area contributed by atoms with Crippen LogP contribution in [0.5, 0.6) is 5.75 Å². The number of anilines is 2. The fourth-order valence-corrected chi connectivity index (χ4v) is 3.96. The van der Waals surface area contributed by atoms with Crippen molar-refractivity contribution in [3.8, 4) is 5.75 Å². The second-order valence-electron chi connectivity index (χ2n) is 7.98. The Kier molecular flexibility index (Phi) is 6.36. The van der Waals surface area contributed by atoms with Crippen LogP contribution in [0.2, 0.25) is 0 Å². The molecule has 0 radical (unpaired) electrons. The molecule has 2 amide bonds. The van der Waals surface area contributed by atoms with Gasteiger partial charge in [0.2, 0.25) is 5.91 Å². The number of nitrogens with zero attached hydrogens (tertiary/aromatic N) is 3. The van der Waals surface area contributed by atoms with Crippen molar-refractivity contribution in [2.45, 2.75) is 19.9 Å². The molecule has 2 aromatic rings. The third-order valence-electron chi connectivity index (χ3n) is 5.96. The Balaban J connectivity index is 1.34. The van der Waals surface area contributed by atoms with E-state index in [0.717, 1.165) is 61.8 Å². The predicted octanol–water partition coefficient (Wildman–Crippen LogP) is 2.12. The maximum atomic E-state index is 12.3. The van der Waals surface area contributed by atoms with Gasteiger partial charge in [0.05, 0.1) is 30.1 Å². The van der Waals surface area contributed by atoms with Crippen LogP contribution in [0.3, 0.4) is 0 Å². The molecule has 8 heteroatoms. The highest BCUT2D eigenvalue weighted by Gasteiger charge is 2.24. The van der Waals surface area contributed by atoms with Crippen LogP contribution >= 0.6 is 0 Å². The van der Waals surface area contributed by atoms with Gasteiger partial charge in [-0.1, -0.05) is 13.0 Å². The topological polar surface area (TPSA) is 86.8 Å². The molecule has 2 N–H and O–H groups in total. The smallest absolute Gasteiger partial charge is 0.269 e. The molecule has 1 aromatic heterocycles. The second kappa shape index (κ2) is 9.34. The third kappa shape index (κ3) is 4.80. The lowest BCUT2D eigenvalue weighted by Crippen LogP contribution is -2.46. The molecule has 1 atom stereocenters. The van der Waals surface area contributed by atoms with E-state index in [4.69, 9.17) is 4.74 Å². The standard InChI is InChI=1S/C23H29N5O3/c1-3-17-15-31-21-7-4-16(12-20(21)26-22(17)29)14-27-8-10-28(11-9-27)18-5-6-19(25-13-18)23(30)24-2/h4-7,12-13,17H,3,8-11,14-15H2,1-2H3,(H,24,30)(H,26,29)/t17-/m1/s1. The van der Waals surface area contributed by atoms with Crippen molar-refractivity contribution in [3.63, 3.8) is 0 Å². The van der Waals surface area contributed by atoms with Gasteiger partial charge in [0, 0.05) is 39.8 Å². The largest absolute Gasteiger partial charge is 0.491 e. The molecule has 0 unspecified atom stereocenters. The normalized spacial score (nSPS) is 19.1. The first-order valence-corrected chi connectivity index (χ1v) is 10.8. The molecular weight excluding hydrogens is 394 g/mol. The lowest BCUT2D eigenvalue weighted by Gasteiger charge is -2.36. The predicted molar refractivity (Wildman–Crippen MR) is 119 cm³/mol. The monoisotopic (exact) mass is 423 g/mol. The summed E-state index contributed by atoms with van der Waals surface area (Å²) in [7, 11) is 1.60. The number of fused-ring (bicyclic) bond motifs is 1. The molecule has 8 nitrogen and oxygen atoms in total. The fourth-order valence-electron chi connectivity index (χ4n) is 3.96. The van der Waals surface area contributed by atoms with Crippen molar-refractivity contribution in [3.05, 3.63) is 47.8 Å². The minimum absolute atomic E-state index is 0.0306. The van der Waals surface area contributed by atoms with Crippen molar-refractivity contribution in [2.24, 2.45) is 5.92 Å². The number of aromatic nitrogens is 1. The quantitative estimate of drug-likeness (QED) is 0.766. The van der Waals surface area contributed by atoms with E-state index in [1.54, 1.807) is 19.3 Å². The van der Waals surface area contributed by atoms with Crippen molar-refractivity contribution in [1.82, 2.24) is 15.2 Å². The van der Waals surface area contributed by atoms with Crippen LogP contribution in [-0.4, -0.2) is 61.5 Å². The maximum absolute atomic E-state index is 12.3. The zero-order chi connectivity index (χ0) is 21.8. The van der Waals surface area contributed by atoms with Crippen molar-refractivity contribution in [2.75, 3.05) is 50.1 Å². The van der Waals surface area contributed by atoms with Crippen LogP contribution in [0, 0.1) is 5.92 Å². The Bertz CT molecular complexity index is 939. The van der Waals surface area contributed by atoms with Crippen LogP contribution in [0.25, 0.3) is 0 Å². The Morgan fingerprint density at radius 2 is 2.03 bits per heavy atom. The van der Waals surface area contributed by atoms with Gasteiger partial charge in [0.25, 0.3) is 5.91 Å². The summed E-state index contributed by atoms with van der Waals surface area (Å²) in [5, 5.41) is 5.61. The SMILES string of the molecule is CC[C@@H]1COc2ccc(CN3CCN(c4ccc(C(=O)NC)nc4)CC3)cc2NC1=O. The van der Waals surface area contributed by atoms with Gasteiger partial charge in [-0.25, -0.2) is 4.98 Å². The zero-order valence-electron chi connectivity index (χ0n) is 18.1. The van der Waals surface area contributed by atoms with E-state index < -0.39 is 0 Å². The van der Waals surface area contributed by atoms with E-state index in [1.807, 2.05) is 25.1 Å². The van der Waals surface area contributed by atoms with E-state index in [0.29, 0.717) is 12.3 Å². The summed E-state index contributed by atoms with van der Waals surface area (Å²) < 4.78 is 5.83.